The molecule has 0 spiro atoms. The molecule has 23 heavy (non-hydrogen) atoms. The second-order valence-corrected chi connectivity index (χ2v) is 6.32. The monoisotopic (exact) mass is 331 g/mol. The first-order chi connectivity index (χ1) is 11.1. The van der Waals surface area contributed by atoms with E-state index in [0.717, 1.165) is 4.88 Å². The molecule has 2 rings (SSSR count). The fraction of sp³-hybridized carbons (Fsp3) is 0.333. The number of Topliss-reactive ketones (excluding diaryl/α,β-unsaturated/α-hetero) is 1. The zero-order valence-electron chi connectivity index (χ0n) is 13.4. The summed E-state index contributed by atoms with van der Waals surface area (Å²) in [6, 6.07) is 11.1. The number of thiophene rings is 1. The summed E-state index contributed by atoms with van der Waals surface area (Å²) in [4.78, 5) is 24.2. The Hall–Kier alpha value is -2.14. The lowest BCUT2D eigenvalue weighted by atomic mass is 10.1. The molecule has 1 atom stereocenters. The molecule has 5 heteroatoms. The molecule has 1 aromatic carbocycles. The fourth-order valence-electron chi connectivity index (χ4n) is 2.13. The van der Waals surface area contributed by atoms with E-state index in [1.165, 1.54) is 6.92 Å². The Morgan fingerprint density at radius 1 is 1.22 bits per heavy atom. The van der Waals surface area contributed by atoms with Gasteiger partial charge in [0.25, 0.3) is 0 Å². The maximum atomic E-state index is 11.9. The van der Waals surface area contributed by atoms with Gasteiger partial charge in [-0.3, -0.25) is 9.59 Å². The van der Waals surface area contributed by atoms with Gasteiger partial charge in [-0.25, -0.2) is 0 Å². The minimum absolute atomic E-state index is 0.0291. The number of rotatable bonds is 8. The summed E-state index contributed by atoms with van der Waals surface area (Å²) in [6.07, 6.45) is 1.08. The third-order valence-corrected chi connectivity index (χ3v) is 4.48. The number of hydrogen-bond acceptors (Lipinski definition) is 4. The van der Waals surface area contributed by atoms with Crippen molar-refractivity contribution in [3.8, 4) is 5.75 Å². The molecule has 0 unspecified atom stereocenters. The maximum absolute atomic E-state index is 11.9. The van der Waals surface area contributed by atoms with Crippen LogP contribution in [0.5, 0.6) is 5.75 Å². The van der Waals surface area contributed by atoms with Crippen LogP contribution in [0, 0.1) is 0 Å². The molecule has 2 aromatic rings. The highest BCUT2D eigenvalue weighted by Crippen LogP contribution is 2.18. The summed E-state index contributed by atoms with van der Waals surface area (Å²) in [5, 5.41) is 4.98. The predicted molar refractivity (Wildman–Crippen MR) is 92.1 cm³/mol. The third kappa shape index (κ3) is 5.53. The van der Waals surface area contributed by atoms with Crippen molar-refractivity contribution in [2.45, 2.75) is 32.7 Å². The average molecular weight is 331 g/mol. The number of ether oxygens (including phenoxy) is 1. The average Bonchev–Trinajstić information content (AvgIpc) is 3.06. The Morgan fingerprint density at radius 2 is 1.96 bits per heavy atom. The first-order valence-electron chi connectivity index (χ1n) is 7.63. The number of benzene rings is 1. The van der Waals surface area contributed by atoms with Crippen LogP contribution in [0.1, 0.15) is 48.0 Å². The van der Waals surface area contributed by atoms with Crippen LogP contribution in [0.25, 0.3) is 0 Å². The molecule has 0 fully saturated rings. The fourth-order valence-corrected chi connectivity index (χ4v) is 2.87. The molecule has 1 heterocycles. The first-order valence-corrected chi connectivity index (χ1v) is 8.51. The standard InChI is InChI=1S/C18H21NO3S/c1-13(17-5-4-12-23-17)19-18(21)6-3-11-22-16-9-7-15(8-10-16)14(2)20/h4-5,7-10,12-13H,3,6,11H2,1-2H3,(H,19,21)/t13-/m1/s1. The molecule has 0 radical (unpaired) electrons. The summed E-state index contributed by atoms with van der Waals surface area (Å²) in [7, 11) is 0. The number of hydrogen-bond donors (Lipinski definition) is 1. The Kier molecular flexibility index (Phi) is 6.35. The number of ketones is 1. The van der Waals surface area contributed by atoms with Gasteiger partial charge in [0, 0.05) is 16.9 Å². The highest BCUT2D eigenvalue weighted by molar-refractivity contribution is 7.10. The molecule has 4 nitrogen and oxygen atoms in total. The van der Waals surface area contributed by atoms with Crippen molar-refractivity contribution >= 4 is 23.0 Å². The van der Waals surface area contributed by atoms with Gasteiger partial charge in [-0.15, -0.1) is 11.3 Å². The molecule has 0 bridgehead atoms. The van der Waals surface area contributed by atoms with Crippen molar-refractivity contribution in [1.29, 1.82) is 0 Å². The second kappa shape index (κ2) is 8.48. The van der Waals surface area contributed by atoms with Crippen molar-refractivity contribution in [1.82, 2.24) is 5.32 Å². The summed E-state index contributed by atoms with van der Waals surface area (Å²) < 4.78 is 5.58. The third-order valence-electron chi connectivity index (χ3n) is 3.43. The Morgan fingerprint density at radius 3 is 2.57 bits per heavy atom. The summed E-state index contributed by atoms with van der Waals surface area (Å²) in [5.74, 6) is 0.775. The largest absolute Gasteiger partial charge is 0.494 e. The topological polar surface area (TPSA) is 55.4 Å². The van der Waals surface area contributed by atoms with Gasteiger partial charge in [-0.05, 0) is 56.0 Å². The van der Waals surface area contributed by atoms with E-state index in [4.69, 9.17) is 4.74 Å². The molecular formula is C18H21NO3S. The maximum Gasteiger partial charge on any atom is 0.220 e. The Balaban J connectivity index is 1.66. The summed E-state index contributed by atoms with van der Waals surface area (Å²) in [5.41, 5.74) is 0.666. The molecular weight excluding hydrogens is 310 g/mol. The quantitative estimate of drug-likeness (QED) is 0.588. The molecule has 0 saturated heterocycles. The van der Waals surface area contributed by atoms with Gasteiger partial charge in [0.2, 0.25) is 5.91 Å². The summed E-state index contributed by atoms with van der Waals surface area (Å²) in [6.45, 7) is 3.99. The van der Waals surface area contributed by atoms with E-state index < -0.39 is 0 Å². The highest BCUT2D eigenvalue weighted by Gasteiger charge is 2.10. The smallest absolute Gasteiger partial charge is 0.220 e. The molecule has 0 aliphatic carbocycles. The number of amides is 1. The molecule has 1 N–H and O–H groups in total. The van der Waals surface area contributed by atoms with E-state index in [1.54, 1.807) is 35.6 Å². The zero-order valence-corrected chi connectivity index (χ0v) is 14.2. The Labute approximate surface area is 140 Å². The van der Waals surface area contributed by atoms with Gasteiger partial charge >= 0.3 is 0 Å². The predicted octanol–water partition coefficient (Wildman–Crippen LogP) is 3.99. The molecule has 1 amide bonds. The first kappa shape index (κ1) is 17.2. The molecule has 122 valence electrons. The van der Waals surface area contributed by atoms with Crippen LogP contribution < -0.4 is 10.1 Å². The van der Waals surface area contributed by atoms with Crippen LogP contribution in [-0.2, 0) is 4.79 Å². The molecule has 0 aliphatic heterocycles. The normalized spacial score (nSPS) is 11.7. The van der Waals surface area contributed by atoms with Crippen LogP contribution in [-0.4, -0.2) is 18.3 Å². The number of carbonyl (C=O) groups is 2. The van der Waals surface area contributed by atoms with Crippen molar-refractivity contribution < 1.29 is 14.3 Å². The van der Waals surface area contributed by atoms with Crippen molar-refractivity contribution in [3.05, 3.63) is 52.2 Å². The van der Waals surface area contributed by atoms with Crippen molar-refractivity contribution in [2.24, 2.45) is 0 Å². The minimum Gasteiger partial charge on any atom is -0.494 e. The van der Waals surface area contributed by atoms with Crippen LogP contribution in [0.3, 0.4) is 0 Å². The van der Waals surface area contributed by atoms with Gasteiger partial charge in [0.1, 0.15) is 5.75 Å². The van der Waals surface area contributed by atoms with Crippen LogP contribution >= 0.6 is 11.3 Å². The highest BCUT2D eigenvalue weighted by atomic mass is 32.1. The zero-order chi connectivity index (χ0) is 16.7. The van der Waals surface area contributed by atoms with Crippen molar-refractivity contribution in [3.63, 3.8) is 0 Å². The second-order valence-electron chi connectivity index (χ2n) is 5.34. The van der Waals surface area contributed by atoms with Gasteiger partial charge in [-0.2, -0.15) is 0 Å². The van der Waals surface area contributed by atoms with Gasteiger partial charge in [0.15, 0.2) is 5.78 Å². The van der Waals surface area contributed by atoms with E-state index in [0.29, 0.717) is 30.8 Å². The summed E-state index contributed by atoms with van der Waals surface area (Å²) >= 11 is 1.64. The van der Waals surface area contributed by atoms with Crippen LogP contribution in [0.4, 0.5) is 0 Å². The molecule has 1 aromatic heterocycles. The lowest BCUT2D eigenvalue weighted by Crippen LogP contribution is -2.26. The van der Waals surface area contributed by atoms with Crippen molar-refractivity contribution in [2.75, 3.05) is 6.61 Å². The van der Waals surface area contributed by atoms with E-state index >= 15 is 0 Å². The van der Waals surface area contributed by atoms with E-state index in [-0.39, 0.29) is 17.7 Å². The van der Waals surface area contributed by atoms with Gasteiger partial charge in [0.05, 0.1) is 12.6 Å². The van der Waals surface area contributed by atoms with E-state index in [9.17, 15) is 9.59 Å². The van der Waals surface area contributed by atoms with Gasteiger partial charge < -0.3 is 10.1 Å². The lowest BCUT2D eigenvalue weighted by molar-refractivity contribution is -0.121. The van der Waals surface area contributed by atoms with Gasteiger partial charge in [-0.1, -0.05) is 6.07 Å². The molecule has 0 aliphatic rings. The van der Waals surface area contributed by atoms with E-state index in [1.807, 2.05) is 24.4 Å². The van der Waals surface area contributed by atoms with E-state index in [2.05, 4.69) is 5.32 Å². The number of nitrogens with one attached hydrogen (secondary N) is 1. The molecule has 0 saturated carbocycles. The van der Waals surface area contributed by atoms with Crippen LogP contribution in [0.15, 0.2) is 41.8 Å². The SMILES string of the molecule is CC(=O)c1ccc(OCCCC(=O)N[C@H](C)c2cccs2)cc1. The lowest BCUT2D eigenvalue weighted by Gasteiger charge is -2.12. The minimum atomic E-state index is 0.0291. The Bertz CT molecular complexity index is 635. The van der Waals surface area contributed by atoms with Crippen LogP contribution in [0.2, 0.25) is 0 Å². The number of carbonyl (C=O) groups excluding carboxylic acids is 2.